The van der Waals surface area contributed by atoms with Gasteiger partial charge in [0.25, 0.3) is 0 Å². The van der Waals surface area contributed by atoms with Gasteiger partial charge in [0.2, 0.25) is 11.8 Å². The lowest BCUT2D eigenvalue weighted by atomic mass is 9.81. The third-order valence-electron chi connectivity index (χ3n) is 7.61. The van der Waals surface area contributed by atoms with Crippen LogP contribution in [0, 0.1) is 17.8 Å². The Kier molecular flexibility index (Phi) is 5.00. The minimum absolute atomic E-state index is 0.205. The maximum absolute atomic E-state index is 13.4. The summed E-state index contributed by atoms with van der Waals surface area (Å²) in [4.78, 5) is 43.7. The van der Waals surface area contributed by atoms with Gasteiger partial charge in [-0.2, -0.15) is 0 Å². The number of carbonyl (C=O) groups excluding carboxylic acids is 2. The fourth-order valence-corrected chi connectivity index (χ4v) is 8.43. The van der Waals surface area contributed by atoms with Crippen LogP contribution >= 0.6 is 23.1 Å². The number of hydrogen-bond donors (Lipinski definition) is 3. The molecule has 3 heterocycles. The van der Waals surface area contributed by atoms with Gasteiger partial charge in [-0.05, 0) is 57.3 Å². The third kappa shape index (κ3) is 3.42. The van der Waals surface area contributed by atoms with Gasteiger partial charge in [0.1, 0.15) is 17.5 Å². The van der Waals surface area contributed by atoms with E-state index in [0.29, 0.717) is 22.7 Å². The first-order chi connectivity index (χ1) is 14.7. The number of thiazole rings is 1. The molecule has 1 aromatic rings. The van der Waals surface area contributed by atoms with E-state index >= 15 is 0 Å². The topological polar surface area (TPSA) is 126 Å². The second kappa shape index (κ2) is 7.37. The maximum Gasteiger partial charge on any atom is 0.327 e. The van der Waals surface area contributed by atoms with Crippen LogP contribution in [0.1, 0.15) is 57.6 Å². The number of carboxylic acid groups (broad SMARTS) is 1. The first kappa shape index (κ1) is 21.1. The van der Waals surface area contributed by atoms with Crippen LogP contribution in [-0.2, 0) is 14.4 Å². The van der Waals surface area contributed by atoms with Gasteiger partial charge >= 0.3 is 5.97 Å². The number of amides is 2. The van der Waals surface area contributed by atoms with E-state index in [1.165, 1.54) is 47.3 Å². The molecule has 2 aliphatic carbocycles. The molecule has 168 valence electrons. The summed E-state index contributed by atoms with van der Waals surface area (Å²) in [7, 11) is 0. The first-order valence-corrected chi connectivity index (χ1v) is 12.7. The van der Waals surface area contributed by atoms with Gasteiger partial charge in [-0.3, -0.25) is 9.59 Å². The first-order valence-electron chi connectivity index (χ1n) is 10.9. The monoisotopic (exact) mass is 464 g/mol. The van der Waals surface area contributed by atoms with Crippen molar-refractivity contribution >= 4 is 46.0 Å². The molecule has 2 amide bonds. The molecule has 7 atom stereocenters. The molecule has 4 fully saturated rings. The zero-order chi connectivity index (χ0) is 22.1. The number of rotatable bonds is 6. The van der Waals surface area contributed by atoms with E-state index in [1.807, 2.05) is 19.2 Å². The van der Waals surface area contributed by atoms with Crippen molar-refractivity contribution in [2.75, 3.05) is 5.73 Å². The summed E-state index contributed by atoms with van der Waals surface area (Å²) in [5, 5.41) is 14.5. The van der Waals surface area contributed by atoms with Gasteiger partial charge in [-0.15, -0.1) is 23.1 Å². The van der Waals surface area contributed by atoms with E-state index in [2.05, 4.69) is 10.3 Å². The highest BCUT2D eigenvalue weighted by molar-refractivity contribution is 8.01. The molecule has 4 aliphatic rings. The van der Waals surface area contributed by atoms with E-state index in [4.69, 9.17) is 5.73 Å². The zero-order valence-corrected chi connectivity index (χ0v) is 19.2. The summed E-state index contributed by atoms with van der Waals surface area (Å²) in [6, 6.07) is -1.58. The Labute approximate surface area is 189 Å². The Morgan fingerprint density at radius 2 is 2.16 bits per heavy atom. The predicted molar refractivity (Wildman–Crippen MR) is 118 cm³/mol. The molecular weight excluding hydrogens is 436 g/mol. The lowest BCUT2D eigenvalue weighted by molar-refractivity contribution is -0.161. The Morgan fingerprint density at radius 3 is 2.74 bits per heavy atom. The molecule has 0 aromatic carbocycles. The van der Waals surface area contributed by atoms with Crippen molar-refractivity contribution in [1.29, 1.82) is 0 Å². The summed E-state index contributed by atoms with van der Waals surface area (Å²) in [5.41, 5.74) is 6.52. The van der Waals surface area contributed by atoms with Crippen molar-refractivity contribution in [3.63, 3.8) is 0 Å². The van der Waals surface area contributed by atoms with E-state index in [9.17, 15) is 19.5 Å². The summed E-state index contributed by atoms with van der Waals surface area (Å²) in [5.74, 6) is -0.00362. The Bertz CT molecular complexity index is 934. The molecule has 4 unspecified atom stereocenters. The number of nitrogens with two attached hydrogens (primary N) is 1. The molecule has 2 saturated carbocycles. The number of nitrogen functional groups attached to an aromatic ring is 1. The molecule has 0 radical (unpaired) electrons. The summed E-state index contributed by atoms with van der Waals surface area (Å²) >= 11 is 2.76. The standard InChI is InChI=1S/C21H28N4O4S2/c1-21(2)15(19(28)29)25-17(27)14(18(25)31-21)24-16(26)12(13-8-30-20(22)23-13)7-11-6-9-3-4-10(11)5-9/h8-12,14-15,18H,3-7H2,1-2H3,(H2,22,23)(H,24,26)(H,28,29)/t9?,10?,11?,12?,14-,15+,18-/m1/s1. The van der Waals surface area contributed by atoms with Crippen molar-refractivity contribution in [3.05, 3.63) is 11.1 Å². The molecule has 1 aromatic heterocycles. The molecule has 2 saturated heterocycles. The molecule has 5 rings (SSSR count). The van der Waals surface area contributed by atoms with Crippen molar-refractivity contribution in [2.45, 2.75) is 74.1 Å². The molecule has 8 nitrogen and oxygen atoms in total. The van der Waals surface area contributed by atoms with Crippen LogP contribution in [0.5, 0.6) is 0 Å². The van der Waals surface area contributed by atoms with Crippen molar-refractivity contribution in [1.82, 2.24) is 15.2 Å². The average molecular weight is 465 g/mol. The zero-order valence-electron chi connectivity index (χ0n) is 17.6. The lowest BCUT2D eigenvalue weighted by Crippen LogP contribution is -2.70. The molecule has 4 N–H and O–H groups in total. The Morgan fingerprint density at radius 1 is 1.39 bits per heavy atom. The van der Waals surface area contributed by atoms with Gasteiger partial charge in [0, 0.05) is 10.1 Å². The number of nitrogens with one attached hydrogen (secondary N) is 1. The largest absolute Gasteiger partial charge is 0.480 e. The van der Waals surface area contributed by atoms with Crippen LogP contribution in [0.4, 0.5) is 5.13 Å². The number of hydrogen-bond acceptors (Lipinski definition) is 7. The fourth-order valence-electron chi connectivity index (χ4n) is 6.19. The number of aromatic nitrogens is 1. The highest BCUT2D eigenvalue weighted by Gasteiger charge is 2.64. The van der Waals surface area contributed by atoms with Crippen molar-refractivity contribution in [2.24, 2.45) is 17.8 Å². The molecule has 31 heavy (non-hydrogen) atoms. The van der Waals surface area contributed by atoms with Gasteiger partial charge in [-0.1, -0.05) is 6.42 Å². The minimum atomic E-state index is -1.01. The summed E-state index contributed by atoms with van der Waals surface area (Å²) < 4.78 is -0.614. The van der Waals surface area contributed by atoms with Gasteiger partial charge in [0.05, 0.1) is 11.6 Å². The second-order valence-corrected chi connectivity index (χ2v) is 12.6. The van der Waals surface area contributed by atoms with E-state index in [0.717, 1.165) is 18.8 Å². The second-order valence-electron chi connectivity index (χ2n) is 9.92. The summed E-state index contributed by atoms with van der Waals surface area (Å²) in [6.45, 7) is 3.66. The Balaban J connectivity index is 1.32. The SMILES string of the molecule is CC1(C)S[C@@H]2[C@H](NC(=O)C(CC3CC4CCC3C4)c3csc(N)n3)C(=O)N2[C@H]1C(=O)O. The number of β-lactam (4-membered cyclic amide) rings is 1. The van der Waals surface area contributed by atoms with E-state index in [1.54, 1.807) is 0 Å². The third-order valence-corrected chi connectivity index (χ3v) is 9.87. The minimum Gasteiger partial charge on any atom is -0.480 e. The predicted octanol–water partition coefficient (Wildman–Crippen LogP) is 2.27. The van der Waals surface area contributed by atoms with Crippen LogP contribution in [0.3, 0.4) is 0 Å². The van der Waals surface area contributed by atoms with Gasteiger partial charge < -0.3 is 21.1 Å². The number of nitrogens with zero attached hydrogens (tertiary/aromatic N) is 2. The highest BCUT2D eigenvalue weighted by Crippen LogP contribution is 2.52. The van der Waals surface area contributed by atoms with E-state index < -0.39 is 28.7 Å². The van der Waals surface area contributed by atoms with Crippen LogP contribution in [-0.4, -0.2) is 55.0 Å². The average Bonchev–Trinajstić information content (AvgIpc) is 3.46. The number of carbonyl (C=O) groups is 3. The quantitative estimate of drug-likeness (QED) is 0.551. The molecular formula is C21H28N4O4S2. The summed E-state index contributed by atoms with van der Waals surface area (Å²) in [6.07, 6.45) is 5.69. The van der Waals surface area contributed by atoms with Crippen LogP contribution < -0.4 is 11.1 Å². The van der Waals surface area contributed by atoms with Crippen molar-refractivity contribution < 1.29 is 19.5 Å². The fraction of sp³-hybridized carbons (Fsp3) is 0.714. The van der Waals surface area contributed by atoms with Gasteiger partial charge in [0.15, 0.2) is 5.13 Å². The highest BCUT2D eigenvalue weighted by atomic mass is 32.2. The molecule has 10 heteroatoms. The molecule has 2 aliphatic heterocycles. The van der Waals surface area contributed by atoms with Crippen molar-refractivity contribution in [3.8, 4) is 0 Å². The molecule has 0 spiro atoms. The van der Waals surface area contributed by atoms with Crippen LogP contribution in [0.15, 0.2) is 5.38 Å². The Hall–Kier alpha value is -1.81. The number of aliphatic carboxylic acids is 1. The maximum atomic E-state index is 13.4. The lowest BCUT2D eigenvalue weighted by Gasteiger charge is -2.44. The number of fused-ring (bicyclic) bond motifs is 3. The van der Waals surface area contributed by atoms with Crippen LogP contribution in [0.25, 0.3) is 0 Å². The number of thioether (sulfide) groups is 1. The number of anilines is 1. The normalized spacial score (nSPS) is 36.2. The number of carboxylic acids is 1. The van der Waals surface area contributed by atoms with Crippen LogP contribution in [0.2, 0.25) is 0 Å². The smallest absolute Gasteiger partial charge is 0.327 e. The van der Waals surface area contributed by atoms with Gasteiger partial charge in [-0.25, -0.2) is 9.78 Å². The van der Waals surface area contributed by atoms with E-state index in [-0.39, 0.29) is 17.2 Å². The molecule has 2 bridgehead atoms.